The number of amides is 3. The van der Waals surface area contributed by atoms with Crippen LogP contribution in [-0.2, 0) is 14.4 Å². The van der Waals surface area contributed by atoms with Crippen LogP contribution in [0.15, 0.2) is 54.6 Å². The molecule has 0 saturated carbocycles. The SMILES string of the molecule is CC(C)CC(NC(=O)c1ccc(N2CCNCC2)cc1)C(=O)N1CCC2C1C(=O)CN2OC(=O)Nc1ccccc1. The van der Waals surface area contributed by atoms with Gasteiger partial charge >= 0.3 is 6.09 Å². The summed E-state index contributed by atoms with van der Waals surface area (Å²) >= 11 is 0. The van der Waals surface area contributed by atoms with Crippen LogP contribution < -0.4 is 20.9 Å². The van der Waals surface area contributed by atoms with Crippen molar-refractivity contribution in [2.24, 2.45) is 5.92 Å². The highest BCUT2D eigenvalue weighted by molar-refractivity contribution is 5.99. The van der Waals surface area contributed by atoms with Crippen molar-refractivity contribution in [1.82, 2.24) is 20.6 Å². The Labute approximate surface area is 240 Å². The van der Waals surface area contributed by atoms with Gasteiger partial charge in [-0.3, -0.25) is 19.7 Å². The lowest BCUT2D eigenvalue weighted by atomic mass is 10.0. The molecule has 11 heteroatoms. The number of hydrogen-bond acceptors (Lipinski definition) is 8. The summed E-state index contributed by atoms with van der Waals surface area (Å²) in [6, 6.07) is 14.4. The molecule has 3 amide bonds. The van der Waals surface area contributed by atoms with Crippen LogP contribution in [0.1, 0.15) is 37.0 Å². The van der Waals surface area contributed by atoms with Gasteiger partial charge in [0.05, 0.1) is 12.6 Å². The Morgan fingerprint density at radius 3 is 2.39 bits per heavy atom. The first-order valence-electron chi connectivity index (χ1n) is 14.3. The van der Waals surface area contributed by atoms with Gasteiger partial charge in [-0.1, -0.05) is 32.0 Å². The summed E-state index contributed by atoms with van der Waals surface area (Å²) in [7, 11) is 0. The van der Waals surface area contributed by atoms with E-state index in [0.717, 1.165) is 31.9 Å². The number of carbonyl (C=O) groups excluding carboxylic acids is 4. The monoisotopic (exact) mass is 562 g/mol. The molecule has 218 valence electrons. The Morgan fingerprint density at radius 1 is 1.00 bits per heavy atom. The summed E-state index contributed by atoms with van der Waals surface area (Å²) in [6.45, 7) is 7.89. The summed E-state index contributed by atoms with van der Waals surface area (Å²) in [4.78, 5) is 61.8. The highest BCUT2D eigenvalue weighted by atomic mass is 16.7. The third kappa shape index (κ3) is 6.68. The molecule has 0 spiro atoms. The lowest BCUT2D eigenvalue weighted by molar-refractivity contribution is -0.138. The molecule has 3 unspecified atom stereocenters. The quantitative estimate of drug-likeness (QED) is 0.448. The van der Waals surface area contributed by atoms with E-state index in [1.54, 1.807) is 41.3 Å². The summed E-state index contributed by atoms with van der Waals surface area (Å²) in [6.07, 6.45) is 0.226. The molecule has 0 radical (unpaired) electrons. The second-order valence-corrected chi connectivity index (χ2v) is 11.2. The van der Waals surface area contributed by atoms with Crippen molar-refractivity contribution in [2.75, 3.05) is 49.5 Å². The standard InChI is InChI=1S/C30H38N6O5/c1-20(2)18-24(33-28(38)21-8-10-23(11-9-21)34-16-13-31-14-17-34)29(39)35-15-12-25-27(35)26(37)19-36(25)41-30(40)32-22-6-4-3-5-7-22/h3-11,20,24-25,27,31H,12-19H2,1-2H3,(H,32,40)(H,33,38). The van der Waals surface area contributed by atoms with E-state index in [-0.39, 0.29) is 30.1 Å². The number of nitrogens with zero attached hydrogens (tertiary/aromatic N) is 3. The Hall–Kier alpha value is -3.96. The molecule has 5 rings (SSSR count). The predicted octanol–water partition coefficient (Wildman–Crippen LogP) is 2.26. The zero-order chi connectivity index (χ0) is 28.9. The van der Waals surface area contributed by atoms with E-state index in [4.69, 9.17) is 4.84 Å². The topological polar surface area (TPSA) is 123 Å². The predicted molar refractivity (Wildman–Crippen MR) is 154 cm³/mol. The van der Waals surface area contributed by atoms with Crippen LogP contribution in [0.5, 0.6) is 0 Å². The van der Waals surface area contributed by atoms with Gasteiger partial charge in [-0.2, -0.15) is 0 Å². The van der Waals surface area contributed by atoms with Crippen LogP contribution in [-0.4, -0.2) is 91.0 Å². The Balaban J connectivity index is 1.22. The molecule has 2 aromatic rings. The van der Waals surface area contributed by atoms with Gasteiger partial charge in [0, 0.05) is 49.7 Å². The minimum Gasteiger partial charge on any atom is -0.369 e. The van der Waals surface area contributed by atoms with Gasteiger partial charge in [0.1, 0.15) is 12.1 Å². The fraction of sp³-hybridized carbons (Fsp3) is 0.467. The van der Waals surface area contributed by atoms with E-state index < -0.39 is 24.2 Å². The summed E-state index contributed by atoms with van der Waals surface area (Å²) < 4.78 is 0. The highest BCUT2D eigenvalue weighted by Crippen LogP contribution is 2.31. The number of hydroxylamine groups is 2. The van der Waals surface area contributed by atoms with E-state index in [1.807, 2.05) is 32.0 Å². The van der Waals surface area contributed by atoms with Gasteiger partial charge in [-0.05, 0) is 55.2 Å². The van der Waals surface area contributed by atoms with Gasteiger partial charge in [0.15, 0.2) is 5.78 Å². The minimum atomic E-state index is -0.779. The van der Waals surface area contributed by atoms with Crippen molar-refractivity contribution in [1.29, 1.82) is 0 Å². The maximum absolute atomic E-state index is 13.8. The number of rotatable bonds is 8. The molecule has 3 saturated heterocycles. The van der Waals surface area contributed by atoms with Crippen LogP contribution >= 0.6 is 0 Å². The van der Waals surface area contributed by atoms with Crippen LogP contribution in [0.4, 0.5) is 16.2 Å². The number of anilines is 2. The molecule has 3 heterocycles. The van der Waals surface area contributed by atoms with Gasteiger partial charge in [-0.15, -0.1) is 5.06 Å². The molecule has 41 heavy (non-hydrogen) atoms. The van der Waals surface area contributed by atoms with Crippen molar-refractivity contribution in [2.45, 2.75) is 44.8 Å². The van der Waals surface area contributed by atoms with E-state index >= 15 is 0 Å². The number of ketones is 1. The van der Waals surface area contributed by atoms with E-state index in [1.165, 1.54) is 5.06 Å². The van der Waals surface area contributed by atoms with E-state index in [2.05, 4.69) is 20.9 Å². The lowest BCUT2D eigenvalue weighted by Gasteiger charge is -2.30. The third-order valence-corrected chi connectivity index (χ3v) is 7.80. The molecule has 2 aromatic carbocycles. The Bertz CT molecular complexity index is 1250. The van der Waals surface area contributed by atoms with Gasteiger partial charge in [0.25, 0.3) is 5.91 Å². The molecule has 3 fully saturated rings. The second-order valence-electron chi connectivity index (χ2n) is 11.2. The normalized spacial score (nSPS) is 21.5. The molecule has 3 aliphatic heterocycles. The average molecular weight is 563 g/mol. The van der Waals surface area contributed by atoms with Crippen molar-refractivity contribution in [3.63, 3.8) is 0 Å². The number of nitrogens with one attached hydrogen (secondary N) is 3. The number of Topliss-reactive ketones (excluding diaryl/α,β-unsaturated/α-hetero) is 1. The molecule has 3 aliphatic rings. The number of carbonyl (C=O) groups is 4. The molecule has 0 bridgehead atoms. The molecular formula is C30H38N6O5. The van der Waals surface area contributed by atoms with Crippen molar-refractivity contribution < 1.29 is 24.0 Å². The summed E-state index contributed by atoms with van der Waals surface area (Å²) in [5.41, 5.74) is 2.11. The first kappa shape index (κ1) is 28.6. The van der Waals surface area contributed by atoms with Gasteiger partial charge in [-0.25, -0.2) is 4.79 Å². The van der Waals surface area contributed by atoms with Gasteiger partial charge in [0.2, 0.25) is 5.91 Å². The Morgan fingerprint density at radius 2 is 1.71 bits per heavy atom. The average Bonchev–Trinajstić information content (AvgIpc) is 3.54. The summed E-state index contributed by atoms with van der Waals surface area (Å²) in [5.74, 6) is -0.669. The van der Waals surface area contributed by atoms with E-state index in [0.29, 0.717) is 30.6 Å². The number of fused-ring (bicyclic) bond motifs is 1. The van der Waals surface area contributed by atoms with Crippen molar-refractivity contribution in [3.05, 3.63) is 60.2 Å². The number of likely N-dealkylation sites (tertiary alicyclic amines) is 1. The fourth-order valence-corrected chi connectivity index (χ4v) is 5.83. The smallest absolute Gasteiger partial charge is 0.369 e. The first-order chi connectivity index (χ1) is 19.8. The highest BCUT2D eigenvalue weighted by Gasteiger charge is 2.52. The van der Waals surface area contributed by atoms with Crippen molar-refractivity contribution in [3.8, 4) is 0 Å². The van der Waals surface area contributed by atoms with Crippen LogP contribution in [0.3, 0.4) is 0 Å². The fourth-order valence-electron chi connectivity index (χ4n) is 5.83. The largest absolute Gasteiger partial charge is 0.430 e. The van der Waals surface area contributed by atoms with E-state index in [9.17, 15) is 19.2 Å². The van der Waals surface area contributed by atoms with Crippen LogP contribution in [0.25, 0.3) is 0 Å². The lowest BCUT2D eigenvalue weighted by Crippen LogP contribution is -2.52. The van der Waals surface area contributed by atoms with Crippen LogP contribution in [0.2, 0.25) is 0 Å². The maximum atomic E-state index is 13.8. The van der Waals surface area contributed by atoms with Crippen LogP contribution in [0, 0.1) is 5.92 Å². The number of hydrogen-bond donors (Lipinski definition) is 3. The zero-order valence-corrected chi connectivity index (χ0v) is 23.5. The molecule has 11 nitrogen and oxygen atoms in total. The molecular weight excluding hydrogens is 524 g/mol. The zero-order valence-electron chi connectivity index (χ0n) is 23.5. The summed E-state index contributed by atoms with van der Waals surface area (Å²) in [5, 5.41) is 10.3. The Kier molecular flexibility index (Phi) is 8.84. The first-order valence-corrected chi connectivity index (χ1v) is 14.3. The molecule has 0 aliphatic carbocycles. The minimum absolute atomic E-state index is 0.0953. The second kappa shape index (κ2) is 12.7. The number of piperazine rings is 1. The van der Waals surface area contributed by atoms with Crippen molar-refractivity contribution >= 4 is 35.1 Å². The number of para-hydroxylation sites is 1. The maximum Gasteiger partial charge on any atom is 0.430 e. The third-order valence-electron chi connectivity index (χ3n) is 7.80. The van der Waals surface area contributed by atoms with Gasteiger partial charge < -0.3 is 25.3 Å². The molecule has 3 atom stereocenters. The molecule has 0 aromatic heterocycles. The number of benzene rings is 2. The molecule has 3 N–H and O–H groups in total.